The molecule has 1 atom stereocenters. The van der Waals surface area contributed by atoms with Gasteiger partial charge in [-0.25, -0.2) is 4.98 Å². The van der Waals surface area contributed by atoms with Gasteiger partial charge in [-0.2, -0.15) is 0 Å². The van der Waals surface area contributed by atoms with Crippen LogP contribution in [-0.2, 0) is 7.05 Å². The zero-order chi connectivity index (χ0) is 21.8. The van der Waals surface area contributed by atoms with Gasteiger partial charge in [-0.05, 0) is 36.4 Å². The number of benzene rings is 1. The van der Waals surface area contributed by atoms with Crippen LogP contribution in [-0.4, -0.2) is 25.5 Å². The molecule has 8 heteroatoms. The number of nitrogens with zero attached hydrogens (tertiary/aromatic N) is 3. The number of aromatic amines is 1. The average molecular weight is 419 g/mol. The third kappa shape index (κ3) is 4.64. The summed E-state index contributed by atoms with van der Waals surface area (Å²) in [6.07, 6.45) is 7.12. The standard InChI is InChI=1S/C23H25N5O3/c1-28-20-9-7-15(13-16(20)8-10-22(28)30)19-14-25-23(26-19)17(24)5-3-2-4-6-21(29)18-11-12-31-27-18/h7-14,17H,2-6,24H2,1H3,(H,25,26)/t17-/m0/s1. The maximum absolute atomic E-state index is 11.9. The molecule has 8 nitrogen and oxygen atoms in total. The van der Waals surface area contributed by atoms with Crippen LogP contribution in [0.3, 0.4) is 0 Å². The Bertz CT molecular complexity index is 1240. The van der Waals surface area contributed by atoms with E-state index in [-0.39, 0.29) is 17.4 Å². The second-order valence-electron chi connectivity index (χ2n) is 7.69. The number of fused-ring (bicyclic) bond motifs is 1. The summed E-state index contributed by atoms with van der Waals surface area (Å²) in [6.45, 7) is 0. The molecule has 0 saturated heterocycles. The molecule has 0 saturated carbocycles. The molecule has 3 N–H and O–H groups in total. The predicted molar refractivity (Wildman–Crippen MR) is 118 cm³/mol. The van der Waals surface area contributed by atoms with Crippen molar-refractivity contribution in [3.05, 3.63) is 70.7 Å². The lowest BCUT2D eigenvalue weighted by Gasteiger charge is -2.08. The Morgan fingerprint density at radius 2 is 2.06 bits per heavy atom. The van der Waals surface area contributed by atoms with Crippen LogP contribution in [0.15, 0.2) is 58.2 Å². The predicted octanol–water partition coefficient (Wildman–Crippen LogP) is 3.75. The van der Waals surface area contributed by atoms with Crippen LogP contribution in [0.1, 0.15) is 54.5 Å². The molecular formula is C23H25N5O3. The van der Waals surface area contributed by atoms with Crippen LogP contribution in [0.5, 0.6) is 0 Å². The number of nitrogens with one attached hydrogen (secondary N) is 1. The van der Waals surface area contributed by atoms with Gasteiger partial charge in [-0.1, -0.05) is 24.1 Å². The fraction of sp³-hybridized carbons (Fsp3) is 0.304. The summed E-state index contributed by atoms with van der Waals surface area (Å²) in [5.74, 6) is 0.749. The van der Waals surface area contributed by atoms with E-state index >= 15 is 0 Å². The van der Waals surface area contributed by atoms with Crippen molar-refractivity contribution in [2.24, 2.45) is 12.8 Å². The number of hydrogen-bond donors (Lipinski definition) is 2. The topological polar surface area (TPSA) is 120 Å². The van der Waals surface area contributed by atoms with Crippen molar-refractivity contribution in [2.45, 2.75) is 38.1 Å². The van der Waals surface area contributed by atoms with E-state index in [0.29, 0.717) is 12.1 Å². The molecule has 0 spiro atoms. The van der Waals surface area contributed by atoms with E-state index in [9.17, 15) is 9.59 Å². The number of rotatable bonds is 9. The van der Waals surface area contributed by atoms with Gasteiger partial charge >= 0.3 is 0 Å². The lowest BCUT2D eigenvalue weighted by Crippen LogP contribution is -2.14. The average Bonchev–Trinajstić information content (AvgIpc) is 3.48. The van der Waals surface area contributed by atoms with Crippen LogP contribution in [0.2, 0.25) is 0 Å². The minimum atomic E-state index is -0.193. The highest BCUT2D eigenvalue weighted by Crippen LogP contribution is 2.24. The Labute approximate surface area is 179 Å². The molecule has 0 aliphatic rings. The van der Waals surface area contributed by atoms with Crippen molar-refractivity contribution < 1.29 is 9.32 Å². The van der Waals surface area contributed by atoms with Crippen molar-refractivity contribution >= 4 is 16.7 Å². The molecule has 3 heterocycles. The lowest BCUT2D eigenvalue weighted by atomic mass is 10.1. The van der Waals surface area contributed by atoms with Crippen LogP contribution < -0.4 is 11.3 Å². The molecule has 0 aliphatic heterocycles. The van der Waals surface area contributed by atoms with E-state index < -0.39 is 0 Å². The van der Waals surface area contributed by atoms with Gasteiger partial charge in [0.1, 0.15) is 17.8 Å². The third-order valence-corrected chi connectivity index (χ3v) is 5.51. The van der Waals surface area contributed by atoms with Crippen LogP contribution in [0, 0.1) is 0 Å². The smallest absolute Gasteiger partial charge is 0.250 e. The summed E-state index contributed by atoms with van der Waals surface area (Å²) in [4.78, 5) is 31.5. The van der Waals surface area contributed by atoms with Gasteiger partial charge in [0.15, 0.2) is 5.78 Å². The van der Waals surface area contributed by atoms with Crippen molar-refractivity contribution in [3.8, 4) is 11.3 Å². The number of pyridine rings is 1. The number of aromatic nitrogens is 4. The van der Waals surface area contributed by atoms with Gasteiger partial charge in [-0.15, -0.1) is 0 Å². The zero-order valence-electron chi connectivity index (χ0n) is 17.4. The van der Waals surface area contributed by atoms with E-state index in [4.69, 9.17) is 10.3 Å². The molecule has 0 fully saturated rings. The van der Waals surface area contributed by atoms with Crippen LogP contribution in [0.25, 0.3) is 22.2 Å². The van der Waals surface area contributed by atoms with Gasteiger partial charge < -0.3 is 19.8 Å². The largest absolute Gasteiger partial charge is 0.364 e. The van der Waals surface area contributed by atoms with E-state index in [1.807, 2.05) is 30.5 Å². The van der Waals surface area contributed by atoms with Crippen LogP contribution >= 0.6 is 0 Å². The third-order valence-electron chi connectivity index (χ3n) is 5.51. The van der Waals surface area contributed by atoms with Gasteiger partial charge in [0, 0.05) is 37.4 Å². The maximum Gasteiger partial charge on any atom is 0.250 e. The van der Waals surface area contributed by atoms with Gasteiger partial charge in [0.2, 0.25) is 0 Å². The zero-order valence-corrected chi connectivity index (χ0v) is 17.4. The fourth-order valence-corrected chi connectivity index (χ4v) is 3.67. The number of unbranched alkanes of at least 4 members (excludes halogenated alkanes) is 2. The molecule has 0 amide bonds. The molecule has 0 aliphatic carbocycles. The normalized spacial score (nSPS) is 12.3. The molecule has 160 valence electrons. The quantitative estimate of drug-likeness (QED) is 0.315. The number of Topliss-reactive ketones (excluding diaryl/α,β-unsaturated/α-hetero) is 1. The van der Waals surface area contributed by atoms with Crippen molar-refractivity contribution in [1.82, 2.24) is 19.7 Å². The Kier molecular flexibility index (Phi) is 6.08. The second-order valence-corrected chi connectivity index (χ2v) is 7.69. The fourth-order valence-electron chi connectivity index (χ4n) is 3.67. The van der Waals surface area contributed by atoms with Crippen molar-refractivity contribution in [3.63, 3.8) is 0 Å². The first-order valence-corrected chi connectivity index (χ1v) is 10.4. The van der Waals surface area contributed by atoms with E-state index in [1.54, 1.807) is 23.7 Å². The minimum Gasteiger partial charge on any atom is -0.364 e. The summed E-state index contributed by atoms with van der Waals surface area (Å²) in [6, 6.07) is 10.7. The number of ketones is 1. The first-order valence-electron chi connectivity index (χ1n) is 10.4. The SMILES string of the molecule is Cn1c(=O)ccc2cc(-c3c[nH]c([C@@H](N)CCCCCC(=O)c4ccon4)n3)ccc21. The highest BCUT2D eigenvalue weighted by molar-refractivity contribution is 5.93. The van der Waals surface area contributed by atoms with Gasteiger partial charge in [0.25, 0.3) is 5.56 Å². The minimum absolute atomic E-state index is 0.00387. The number of imidazole rings is 1. The van der Waals surface area contributed by atoms with E-state index in [0.717, 1.165) is 53.7 Å². The second kappa shape index (κ2) is 9.09. The van der Waals surface area contributed by atoms with E-state index in [1.165, 1.54) is 6.26 Å². The Balaban J connectivity index is 1.32. The summed E-state index contributed by atoms with van der Waals surface area (Å²) >= 11 is 0. The number of carbonyl (C=O) groups is 1. The summed E-state index contributed by atoms with van der Waals surface area (Å²) in [5, 5.41) is 4.64. The summed E-state index contributed by atoms with van der Waals surface area (Å²) in [5.41, 5.74) is 9.33. The van der Waals surface area contributed by atoms with Crippen molar-refractivity contribution in [2.75, 3.05) is 0 Å². The molecule has 1 aromatic carbocycles. The van der Waals surface area contributed by atoms with E-state index in [2.05, 4.69) is 15.1 Å². The Hall–Kier alpha value is -3.52. The lowest BCUT2D eigenvalue weighted by molar-refractivity contribution is 0.0970. The molecule has 3 aromatic heterocycles. The first kappa shape index (κ1) is 20.7. The van der Waals surface area contributed by atoms with Crippen molar-refractivity contribution in [1.29, 1.82) is 0 Å². The molecule has 0 bridgehead atoms. The molecule has 0 radical (unpaired) electrons. The molecular weight excluding hydrogens is 394 g/mol. The maximum atomic E-state index is 11.9. The number of H-pyrrole nitrogens is 1. The van der Waals surface area contributed by atoms with Crippen LogP contribution in [0.4, 0.5) is 0 Å². The Morgan fingerprint density at radius 3 is 2.87 bits per heavy atom. The first-order chi connectivity index (χ1) is 15.0. The molecule has 4 rings (SSSR count). The highest BCUT2D eigenvalue weighted by atomic mass is 16.5. The molecule has 0 unspecified atom stereocenters. The summed E-state index contributed by atoms with van der Waals surface area (Å²) in [7, 11) is 1.76. The van der Waals surface area contributed by atoms with Gasteiger partial charge in [0.05, 0.1) is 17.3 Å². The number of carbonyl (C=O) groups excluding carboxylic acids is 1. The Morgan fingerprint density at radius 1 is 1.19 bits per heavy atom. The number of nitrogens with two attached hydrogens (primary N) is 1. The highest BCUT2D eigenvalue weighted by Gasteiger charge is 2.13. The number of aryl methyl sites for hydroxylation is 1. The number of hydrogen-bond acceptors (Lipinski definition) is 6. The molecule has 31 heavy (non-hydrogen) atoms. The summed E-state index contributed by atoms with van der Waals surface area (Å²) < 4.78 is 6.33. The monoisotopic (exact) mass is 419 g/mol. The van der Waals surface area contributed by atoms with Gasteiger partial charge in [-0.3, -0.25) is 9.59 Å². The molecule has 4 aromatic rings.